The predicted molar refractivity (Wildman–Crippen MR) is 217 cm³/mol. The SMILES string of the molecule is CCc1ccc(NC(=O)N[C@@H](Cc2cccc(C)c2)C(=O)N[C@@H](CO)C(=O)N2C[C@H](O)C[C@H]2C(=O)N2CCCC[C@H]2C(=O)N[C@@H](C)C(=O)N2C[C@@H](C)C[C@@]23CC3=O)cc1. The molecule has 0 unspecified atom stereocenters. The van der Waals surface area contributed by atoms with Crippen LogP contribution in [0.4, 0.5) is 10.5 Å². The number of aliphatic hydroxyl groups is 2. The second kappa shape index (κ2) is 18.3. The molecular weight excluding hydrogens is 759 g/mol. The van der Waals surface area contributed by atoms with Crippen LogP contribution < -0.4 is 21.3 Å². The van der Waals surface area contributed by atoms with Gasteiger partial charge in [0, 0.05) is 44.6 Å². The minimum absolute atomic E-state index is 0.0222. The Balaban J connectivity index is 1.12. The van der Waals surface area contributed by atoms with Gasteiger partial charge in [-0.3, -0.25) is 28.8 Å². The number of nitrogens with one attached hydrogen (secondary N) is 4. The first kappa shape index (κ1) is 43.2. The van der Waals surface area contributed by atoms with Crippen LogP contribution in [-0.4, -0.2) is 134 Å². The molecule has 8 atom stereocenters. The number of Topliss-reactive ketones (excluding diaryl/α,β-unsaturated/α-hetero) is 1. The molecule has 7 amide bonds. The molecule has 2 aromatic rings. The molecule has 16 heteroatoms. The smallest absolute Gasteiger partial charge is 0.319 e. The first-order chi connectivity index (χ1) is 28.1. The summed E-state index contributed by atoms with van der Waals surface area (Å²) in [7, 11) is 0. The Kier molecular flexibility index (Phi) is 13.4. The van der Waals surface area contributed by atoms with Crippen molar-refractivity contribution in [2.45, 2.75) is 121 Å². The van der Waals surface area contributed by atoms with Crippen molar-refractivity contribution in [2.24, 2.45) is 5.92 Å². The van der Waals surface area contributed by atoms with Crippen LogP contribution in [0.1, 0.15) is 76.0 Å². The molecule has 0 bridgehead atoms. The van der Waals surface area contributed by atoms with E-state index in [1.807, 2.05) is 51.1 Å². The zero-order valence-electron chi connectivity index (χ0n) is 34.2. The molecule has 4 aliphatic rings. The molecule has 318 valence electrons. The van der Waals surface area contributed by atoms with Crippen LogP contribution in [0.5, 0.6) is 0 Å². The number of benzene rings is 2. The number of aryl methyl sites for hydroxylation is 2. The highest BCUT2D eigenvalue weighted by Crippen LogP contribution is 2.48. The van der Waals surface area contributed by atoms with E-state index in [9.17, 15) is 43.8 Å². The molecule has 2 aromatic carbocycles. The van der Waals surface area contributed by atoms with Crippen LogP contribution in [-0.2, 0) is 41.6 Å². The Labute approximate surface area is 344 Å². The summed E-state index contributed by atoms with van der Waals surface area (Å²) in [6, 6.07) is 8.18. The summed E-state index contributed by atoms with van der Waals surface area (Å²) < 4.78 is 0. The second-order valence-corrected chi connectivity index (χ2v) is 16.7. The molecule has 16 nitrogen and oxygen atoms in total. The van der Waals surface area contributed by atoms with Gasteiger partial charge in [-0.15, -0.1) is 0 Å². The predicted octanol–water partition coefficient (Wildman–Crippen LogP) is 1.19. The van der Waals surface area contributed by atoms with Crippen molar-refractivity contribution in [1.82, 2.24) is 30.7 Å². The lowest BCUT2D eigenvalue weighted by Crippen LogP contribution is -2.61. The van der Waals surface area contributed by atoms with Gasteiger partial charge in [0.25, 0.3) is 0 Å². The van der Waals surface area contributed by atoms with E-state index in [1.165, 1.54) is 4.90 Å². The molecule has 6 N–H and O–H groups in total. The Morgan fingerprint density at radius 1 is 0.898 bits per heavy atom. The number of aliphatic hydroxyl groups excluding tert-OH is 2. The van der Waals surface area contributed by atoms with Crippen molar-refractivity contribution in [3.63, 3.8) is 0 Å². The number of amides is 7. The summed E-state index contributed by atoms with van der Waals surface area (Å²) in [6.07, 6.45) is 2.12. The third-order valence-electron chi connectivity index (χ3n) is 12.0. The number of urea groups is 1. The van der Waals surface area contributed by atoms with Gasteiger partial charge in [0.1, 0.15) is 35.7 Å². The van der Waals surface area contributed by atoms with Crippen molar-refractivity contribution in [3.8, 4) is 0 Å². The minimum Gasteiger partial charge on any atom is -0.394 e. The maximum Gasteiger partial charge on any atom is 0.319 e. The zero-order chi connectivity index (χ0) is 42.6. The summed E-state index contributed by atoms with van der Waals surface area (Å²) in [6.45, 7) is 6.99. The maximum absolute atomic E-state index is 14.3. The number of rotatable bonds is 13. The van der Waals surface area contributed by atoms with Crippen molar-refractivity contribution >= 4 is 47.0 Å². The topological polar surface area (TPSA) is 218 Å². The summed E-state index contributed by atoms with van der Waals surface area (Å²) in [5.74, 6) is -2.85. The molecule has 1 aliphatic carbocycles. The maximum atomic E-state index is 14.3. The largest absolute Gasteiger partial charge is 0.394 e. The second-order valence-electron chi connectivity index (χ2n) is 16.7. The third-order valence-corrected chi connectivity index (χ3v) is 12.0. The number of likely N-dealkylation sites (tertiary alicyclic amines) is 3. The number of ketones is 1. The van der Waals surface area contributed by atoms with Crippen molar-refractivity contribution in [3.05, 3.63) is 65.2 Å². The van der Waals surface area contributed by atoms with Crippen LogP contribution in [0.2, 0.25) is 0 Å². The molecule has 3 aliphatic heterocycles. The minimum atomic E-state index is -1.53. The molecule has 1 spiro atoms. The van der Waals surface area contributed by atoms with Gasteiger partial charge >= 0.3 is 6.03 Å². The Bertz CT molecular complexity index is 1940. The lowest BCUT2D eigenvalue weighted by Gasteiger charge is -2.39. The number of hydrogen-bond acceptors (Lipinski definition) is 9. The Morgan fingerprint density at radius 3 is 2.29 bits per heavy atom. The average molecular weight is 816 g/mol. The van der Waals surface area contributed by atoms with Crippen molar-refractivity contribution in [2.75, 3.05) is 31.6 Å². The fourth-order valence-electron chi connectivity index (χ4n) is 8.84. The Hall–Kier alpha value is -5.35. The highest BCUT2D eigenvalue weighted by molar-refractivity contribution is 6.09. The van der Waals surface area contributed by atoms with Gasteiger partial charge in [-0.2, -0.15) is 0 Å². The molecular formula is C43H57N7O9. The van der Waals surface area contributed by atoms with E-state index in [2.05, 4.69) is 21.3 Å². The summed E-state index contributed by atoms with van der Waals surface area (Å²) in [5, 5.41) is 32.0. The van der Waals surface area contributed by atoms with Crippen molar-refractivity contribution < 1.29 is 43.8 Å². The monoisotopic (exact) mass is 815 g/mol. The number of β-amino-alcohol motifs (C(OH)–C–C–N with tert-alkyl or cyclic N) is 1. The standard InChI is InChI=1S/C43H57N7O9/c1-5-28-12-14-30(15-13-28)45-42(59)47-32(18-29-10-8-9-25(2)17-29)37(54)46-33(24-51)40(57)49-23-31(52)19-35(49)41(58)48-16-7-6-11-34(48)38(55)44-27(4)39(56)50-22-26(3)20-43(50)21-36(43)53/h8-10,12-15,17,26-27,31-35,51-52H,5-7,11,16,18-24H2,1-4H3,(H,44,55)(H,46,54)(H2,45,47,59)/t26-,27-,31+,32-,33-,34-,35-,43-/m0/s1. The fourth-order valence-corrected chi connectivity index (χ4v) is 8.84. The first-order valence-corrected chi connectivity index (χ1v) is 20.7. The quantitative estimate of drug-likeness (QED) is 0.171. The lowest BCUT2D eigenvalue weighted by molar-refractivity contribution is -0.151. The van der Waals surface area contributed by atoms with Gasteiger partial charge in [0.2, 0.25) is 29.5 Å². The van der Waals surface area contributed by atoms with Gasteiger partial charge < -0.3 is 46.2 Å². The zero-order valence-corrected chi connectivity index (χ0v) is 34.2. The van der Waals surface area contributed by atoms with E-state index in [4.69, 9.17) is 0 Å². The van der Waals surface area contributed by atoms with Gasteiger partial charge in [0.15, 0.2) is 5.78 Å². The number of carbonyl (C=O) groups is 7. The number of piperidine rings is 1. The molecule has 0 radical (unpaired) electrons. The molecule has 1 saturated carbocycles. The number of anilines is 1. The van der Waals surface area contributed by atoms with E-state index >= 15 is 0 Å². The lowest BCUT2D eigenvalue weighted by atomic mass is 9.99. The molecule has 4 fully saturated rings. The third kappa shape index (κ3) is 9.76. The molecule has 59 heavy (non-hydrogen) atoms. The van der Waals surface area contributed by atoms with Crippen LogP contribution >= 0.6 is 0 Å². The van der Waals surface area contributed by atoms with Crippen LogP contribution in [0.3, 0.4) is 0 Å². The van der Waals surface area contributed by atoms with Gasteiger partial charge in [0.05, 0.1) is 12.7 Å². The van der Waals surface area contributed by atoms with Crippen LogP contribution in [0.25, 0.3) is 0 Å². The summed E-state index contributed by atoms with van der Waals surface area (Å²) >= 11 is 0. The molecule has 6 rings (SSSR count). The van der Waals surface area contributed by atoms with Gasteiger partial charge in [-0.05, 0) is 75.1 Å². The highest BCUT2D eigenvalue weighted by Gasteiger charge is 2.63. The van der Waals surface area contributed by atoms with Crippen LogP contribution in [0.15, 0.2) is 48.5 Å². The number of hydrogen-bond donors (Lipinski definition) is 6. The van der Waals surface area contributed by atoms with E-state index < -0.39 is 78.1 Å². The molecule has 3 saturated heterocycles. The van der Waals surface area contributed by atoms with E-state index in [1.54, 1.807) is 30.0 Å². The van der Waals surface area contributed by atoms with Gasteiger partial charge in [-0.1, -0.05) is 55.8 Å². The molecule has 0 aromatic heterocycles. The van der Waals surface area contributed by atoms with E-state index in [0.29, 0.717) is 44.3 Å². The van der Waals surface area contributed by atoms with Crippen LogP contribution in [0, 0.1) is 12.8 Å². The average Bonchev–Trinajstić information content (AvgIpc) is 3.49. The molecule has 3 heterocycles. The summed E-state index contributed by atoms with van der Waals surface area (Å²) in [5.41, 5.74) is 2.50. The van der Waals surface area contributed by atoms with Gasteiger partial charge in [-0.25, -0.2) is 4.79 Å². The normalized spacial score (nSPS) is 25.3. The van der Waals surface area contributed by atoms with E-state index in [0.717, 1.165) is 28.0 Å². The fraction of sp³-hybridized carbons (Fsp3) is 0.558. The Morgan fingerprint density at radius 2 is 1.63 bits per heavy atom. The number of nitrogens with zero attached hydrogens (tertiary/aromatic N) is 3. The van der Waals surface area contributed by atoms with E-state index in [-0.39, 0.29) is 43.5 Å². The number of carbonyl (C=O) groups excluding carboxylic acids is 7. The highest BCUT2D eigenvalue weighted by atomic mass is 16.3. The summed E-state index contributed by atoms with van der Waals surface area (Å²) in [4.78, 5) is 99.0. The first-order valence-electron chi connectivity index (χ1n) is 20.7. The van der Waals surface area contributed by atoms with Crippen molar-refractivity contribution in [1.29, 1.82) is 0 Å².